The molecule has 2 fully saturated rings. The maximum atomic E-state index is 14.2. The van der Waals surface area contributed by atoms with E-state index in [1.807, 2.05) is 44.2 Å². The monoisotopic (exact) mass is 689 g/mol. The minimum atomic E-state index is -4.10. The van der Waals surface area contributed by atoms with Crippen molar-refractivity contribution in [2.75, 3.05) is 59.3 Å². The molecule has 13 nitrogen and oxygen atoms in total. The topological polar surface area (TPSA) is 159 Å². The zero-order valence-corrected chi connectivity index (χ0v) is 29.4. The van der Waals surface area contributed by atoms with Crippen LogP contribution in [0.5, 0.6) is 0 Å². The molecule has 2 aromatic rings. The van der Waals surface area contributed by atoms with E-state index in [1.165, 1.54) is 15.3 Å². The molecule has 5 atom stereocenters. The van der Waals surface area contributed by atoms with Crippen LogP contribution >= 0.6 is 0 Å². The van der Waals surface area contributed by atoms with Gasteiger partial charge in [-0.15, -0.1) is 0 Å². The first-order chi connectivity index (χ1) is 22.8. The molecule has 0 aliphatic carbocycles. The van der Waals surface area contributed by atoms with Crippen LogP contribution < -0.4 is 16.0 Å². The number of fused-ring (bicyclic) bond motifs is 1. The van der Waals surface area contributed by atoms with Crippen LogP contribution in [0.3, 0.4) is 0 Å². The Balaban J connectivity index is 1.54. The largest absolute Gasteiger partial charge is 0.443 e. The van der Waals surface area contributed by atoms with Gasteiger partial charge in [-0.3, -0.25) is 0 Å². The molecule has 4 N–H and O–H groups in total. The molecule has 2 heterocycles. The number of anilines is 1. The first kappa shape index (κ1) is 37.4. The molecule has 0 aromatic heterocycles. The number of rotatable bonds is 16. The first-order valence-corrected chi connectivity index (χ1v) is 17.9. The number of nitrogens with one attached hydrogen (secondary N) is 3. The maximum absolute atomic E-state index is 14.2. The molecule has 4 rings (SSSR count). The summed E-state index contributed by atoms with van der Waals surface area (Å²) in [5.41, 5.74) is 0.955. The summed E-state index contributed by atoms with van der Waals surface area (Å²) in [6.45, 7) is 4.92. The van der Waals surface area contributed by atoms with E-state index < -0.39 is 39.8 Å². The lowest BCUT2D eigenvalue weighted by Gasteiger charge is -2.35. The van der Waals surface area contributed by atoms with Crippen LogP contribution in [0.2, 0.25) is 0 Å². The Morgan fingerprint density at radius 2 is 1.85 bits per heavy atom. The summed E-state index contributed by atoms with van der Waals surface area (Å²) in [6, 6.07) is 14.8. The Bertz CT molecular complexity index is 1460. The smallest absolute Gasteiger partial charge is 0.407 e. The van der Waals surface area contributed by atoms with Crippen LogP contribution in [0.1, 0.15) is 38.7 Å². The SMILES string of the molecule is CNc1cccc(S(=O)(=O)N(C[C@@H](O)[C@H](Cc2ccccc2)NC(=O)O[C@H]2CO[C@H]3OCC[C@H]32)CC(C)(C)CCCNC(=O)N(C)C)c1. The van der Waals surface area contributed by atoms with Crippen molar-refractivity contribution in [2.45, 2.75) is 69.0 Å². The van der Waals surface area contributed by atoms with Gasteiger partial charge in [0.1, 0.15) is 6.10 Å². The third kappa shape index (κ3) is 10.3. The van der Waals surface area contributed by atoms with Gasteiger partial charge in [0.25, 0.3) is 0 Å². The number of aliphatic hydroxyl groups excluding tert-OH is 1. The number of benzene rings is 2. The molecule has 0 saturated carbocycles. The Morgan fingerprint density at radius 1 is 1.10 bits per heavy atom. The zero-order valence-electron chi connectivity index (χ0n) is 28.6. The predicted molar refractivity (Wildman–Crippen MR) is 182 cm³/mol. The van der Waals surface area contributed by atoms with Crippen molar-refractivity contribution in [3.05, 3.63) is 60.2 Å². The second-order valence-electron chi connectivity index (χ2n) is 13.4. The fourth-order valence-corrected chi connectivity index (χ4v) is 7.74. The molecule has 0 spiro atoms. The van der Waals surface area contributed by atoms with Crippen molar-refractivity contribution in [2.24, 2.45) is 11.3 Å². The highest BCUT2D eigenvalue weighted by Crippen LogP contribution is 2.33. The van der Waals surface area contributed by atoms with Crippen molar-refractivity contribution in [3.63, 3.8) is 0 Å². The number of aliphatic hydroxyl groups is 1. The highest BCUT2D eigenvalue weighted by molar-refractivity contribution is 7.89. The van der Waals surface area contributed by atoms with Gasteiger partial charge in [-0.25, -0.2) is 18.0 Å². The Morgan fingerprint density at radius 3 is 2.56 bits per heavy atom. The normalized spacial score (nSPS) is 20.5. The maximum Gasteiger partial charge on any atom is 0.407 e. The number of urea groups is 1. The standard InChI is InChI=1S/C34H51N5O8S/c1-34(2,16-10-17-36-32(41)38(4)5)23-39(48(43,44)26-14-9-13-25(20-26)35-3)21-29(40)28(19-24-11-7-6-8-12-24)37-33(42)47-30-22-46-31-27(30)15-18-45-31/h6-9,11-14,20,27-31,35,40H,10,15-19,21-23H2,1-5H3,(H,36,41)(H,37,42)/t27-,28-,29+,30-,31+/m0/s1. The van der Waals surface area contributed by atoms with Gasteiger partial charge in [-0.1, -0.05) is 50.2 Å². The molecule has 2 saturated heterocycles. The number of hydrogen-bond acceptors (Lipinski definition) is 9. The zero-order chi connectivity index (χ0) is 34.9. The van der Waals surface area contributed by atoms with Crippen LogP contribution in [0.4, 0.5) is 15.3 Å². The summed E-state index contributed by atoms with van der Waals surface area (Å²) in [4.78, 5) is 26.7. The highest BCUT2D eigenvalue weighted by Gasteiger charge is 2.44. The van der Waals surface area contributed by atoms with Crippen LogP contribution in [0.25, 0.3) is 0 Å². The van der Waals surface area contributed by atoms with Crippen molar-refractivity contribution < 1.29 is 37.3 Å². The van der Waals surface area contributed by atoms with Gasteiger partial charge in [0.2, 0.25) is 10.0 Å². The van der Waals surface area contributed by atoms with Gasteiger partial charge in [-0.2, -0.15) is 4.31 Å². The van der Waals surface area contributed by atoms with E-state index >= 15 is 0 Å². The molecule has 3 amide bonds. The lowest BCUT2D eigenvalue weighted by molar-refractivity contribution is -0.0907. The predicted octanol–water partition coefficient (Wildman–Crippen LogP) is 3.26. The molecular weight excluding hydrogens is 638 g/mol. The summed E-state index contributed by atoms with van der Waals surface area (Å²) in [5.74, 6) is -0.0549. The Hall–Kier alpha value is -3.43. The van der Waals surface area contributed by atoms with Crippen molar-refractivity contribution in [3.8, 4) is 0 Å². The number of nitrogens with zero attached hydrogens (tertiary/aromatic N) is 2. The summed E-state index contributed by atoms with van der Waals surface area (Å²) in [6.07, 6.45) is -0.686. The van der Waals surface area contributed by atoms with E-state index in [0.717, 1.165) is 12.0 Å². The molecule has 2 aromatic carbocycles. The average molecular weight is 690 g/mol. The lowest BCUT2D eigenvalue weighted by Crippen LogP contribution is -2.52. The Kier molecular flexibility index (Phi) is 13.1. The van der Waals surface area contributed by atoms with Gasteiger partial charge in [0.15, 0.2) is 6.29 Å². The van der Waals surface area contributed by atoms with Crippen LogP contribution in [-0.2, 0) is 30.7 Å². The number of alkyl carbamates (subject to hydrolysis) is 1. The molecule has 0 bridgehead atoms. The van der Waals surface area contributed by atoms with Crippen molar-refractivity contribution >= 4 is 27.8 Å². The summed E-state index contributed by atoms with van der Waals surface area (Å²) >= 11 is 0. The first-order valence-electron chi connectivity index (χ1n) is 16.4. The lowest BCUT2D eigenvalue weighted by atomic mass is 9.87. The second-order valence-corrected chi connectivity index (χ2v) is 15.4. The van der Waals surface area contributed by atoms with Crippen LogP contribution in [0, 0.1) is 11.3 Å². The van der Waals surface area contributed by atoms with Gasteiger partial charge in [0, 0.05) is 46.5 Å². The Labute approximate surface area is 284 Å². The number of hydrogen-bond donors (Lipinski definition) is 4. The fraction of sp³-hybridized carbons (Fsp3) is 0.588. The molecule has 2 aliphatic heterocycles. The van der Waals surface area contributed by atoms with E-state index in [2.05, 4.69) is 16.0 Å². The number of carbonyl (C=O) groups excluding carboxylic acids is 2. The molecule has 266 valence electrons. The third-order valence-corrected chi connectivity index (χ3v) is 10.6. The molecule has 0 unspecified atom stereocenters. The number of sulfonamides is 1. The van der Waals surface area contributed by atoms with E-state index in [9.17, 15) is 23.1 Å². The summed E-state index contributed by atoms with van der Waals surface area (Å²) in [5, 5.41) is 20.4. The van der Waals surface area contributed by atoms with Gasteiger partial charge in [0.05, 0.1) is 36.2 Å². The molecule has 48 heavy (non-hydrogen) atoms. The summed E-state index contributed by atoms with van der Waals surface area (Å²) in [7, 11) is 0.944. The molecular formula is C34H51N5O8S. The minimum absolute atomic E-state index is 0.0549. The van der Waals surface area contributed by atoms with Gasteiger partial charge >= 0.3 is 12.1 Å². The third-order valence-electron chi connectivity index (χ3n) is 8.78. The minimum Gasteiger partial charge on any atom is -0.443 e. The summed E-state index contributed by atoms with van der Waals surface area (Å²) < 4.78 is 46.7. The number of ether oxygens (including phenoxy) is 3. The molecule has 14 heteroatoms. The number of amides is 3. The van der Waals surface area contributed by atoms with Crippen LogP contribution in [0.15, 0.2) is 59.5 Å². The van der Waals surface area contributed by atoms with Gasteiger partial charge < -0.3 is 40.2 Å². The average Bonchev–Trinajstić information content (AvgIpc) is 3.68. The van der Waals surface area contributed by atoms with E-state index in [-0.39, 0.29) is 49.3 Å². The second kappa shape index (κ2) is 16.8. The van der Waals surface area contributed by atoms with E-state index in [0.29, 0.717) is 31.7 Å². The fourth-order valence-electron chi connectivity index (χ4n) is 6.04. The van der Waals surface area contributed by atoms with Crippen LogP contribution in [-0.4, -0.2) is 113 Å². The van der Waals surface area contributed by atoms with Gasteiger partial charge in [-0.05, 0) is 54.9 Å². The van der Waals surface area contributed by atoms with Crippen molar-refractivity contribution in [1.82, 2.24) is 19.8 Å². The van der Waals surface area contributed by atoms with E-state index in [4.69, 9.17) is 14.2 Å². The van der Waals surface area contributed by atoms with Crippen molar-refractivity contribution in [1.29, 1.82) is 0 Å². The quantitative estimate of drug-likeness (QED) is 0.194. The molecule has 2 aliphatic rings. The molecule has 0 radical (unpaired) electrons. The van der Waals surface area contributed by atoms with E-state index in [1.54, 1.807) is 39.3 Å². The highest BCUT2D eigenvalue weighted by atomic mass is 32.2. The number of carbonyl (C=O) groups is 2.